The molecule has 88 valence electrons. The Kier molecular flexibility index (Phi) is 5.49. The Bertz CT molecular complexity index is 355. The lowest BCUT2D eigenvalue weighted by Gasteiger charge is -2.13. The van der Waals surface area contributed by atoms with Crippen molar-refractivity contribution in [2.45, 2.75) is 13.8 Å². The third-order valence-electron chi connectivity index (χ3n) is 2.28. The standard InChI is InChI=1S/C12H17BrN2O/c1-3-14-8-9(2)12(16)15-11-7-5-4-6-10(11)13/h4-7,9,14H,3,8H2,1-2H3,(H,15,16). The molecule has 1 rings (SSSR count). The summed E-state index contributed by atoms with van der Waals surface area (Å²) in [6.07, 6.45) is 0. The predicted molar refractivity (Wildman–Crippen MR) is 70.5 cm³/mol. The van der Waals surface area contributed by atoms with E-state index in [1.807, 2.05) is 38.1 Å². The largest absolute Gasteiger partial charge is 0.325 e. The van der Waals surface area contributed by atoms with Crippen LogP contribution in [0.1, 0.15) is 13.8 Å². The zero-order valence-corrected chi connectivity index (χ0v) is 11.2. The van der Waals surface area contributed by atoms with Gasteiger partial charge in [-0.05, 0) is 34.6 Å². The number of carbonyl (C=O) groups excluding carboxylic acids is 1. The number of rotatable bonds is 5. The predicted octanol–water partition coefficient (Wildman–Crippen LogP) is 2.63. The molecule has 2 N–H and O–H groups in total. The van der Waals surface area contributed by atoms with Gasteiger partial charge in [0.2, 0.25) is 5.91 Å². The van der Waals surface area contributed by atoms with Crippen LogP contribution >= 0.6 is 15.9 Å². The zero-order chi connectivity index (χ0) is 12.0. The molecule has 0 saturated carbocycles. The first-order valence-corrected chi connectivity index (χ1v) is 6.20. The van der Waals surface area contributed by atoms with E-state index in [1.54, 1.807) is 0 Å². The maximum absolute atomic E-state index is 11.8. The van der Waals surface area contributed by atoms with E-state index in [9.17, 15) is 4.79 Å². The van der Waals surface area contributed by atoms with Crippen molar-refractivity contribution in [3.63, 3.8) is 0 Å². The van der Waals surface area contributed by atoms with E-state index >= 15 is 0 Å². The first-order valence-electron chi connectivity index (χ1n) is 5.41. The van der Waals surface area contributed by atoms with Crippen LogP contribution in [-0.2, 0) is 4.79 Å². The lowest BCUT2D eigenvalue weighted by Crippen LogP contribution is -2.30. The van der Waals surface area contributed by atoms with E-state index < -0.39 is 0 Å². The third-order valence-corrected chi connectivity index (χ3v) is 2.97. The molecule has 1 unspecified atom stereocenters. The van der Waals surface area contributed by atoms with Crippen molar-refractivity contribution in [2.75, 3.05) is 18.4 Å². The Morgan fingerprint density at radius 3 is 2.75 bits per heavy atom. The Morgan fingerprint density at radius 1 is 1.44 bits per heavy atom. The lowest BCUT2D eigenvalue weighted by atomic mass is 10.1. The van der Waals surface area contributed by atoms with Crippen LogP contribution < -0.4 is 10.6 Å². The first-order chi connectivity index (χ1) is 7.65. The van der Waals surface area contributed by atoms with E-state index in [0.29, 0.717) is 6.54 Å². The van der Waals surface area contributed by atoms with E-state index in [-0.39, 0.29) is 11.8 Å². The average molecular weight is 285 g/mol. The Hall–Kier alpha value is -0.870. The quantitative estimate of drug-likeness (QED) is 0.873. The van der Waals surface area contributed by atoms with Gasteiger partial charge in [-0.1, -0.05) is 26.0 Å². The van der Waals surface area contributed by atoms with Crippen LogP contribution in [0.4, 0.5) is 5.69 Å². The van der Waals surface area contributed by atoms with Crippen molar-refractivity contribution >= 4 is 27.5 Å². The molecule has 0 aliphatic heterocycles. The summed E-state index contributed by atoms with van der Waals surface area (Å²) >= 11 is 3.40. The molecule has 0 bridgehead atoms. The summed E-state index contributed by atoms with van der Waals surface area (Å²) in [5.41, 5.74) is 0.816. The summed E-state index contributed by atoms with van der Waals surface area (Å²) in [6.45, 7) is 5.52. The normalized spacial score (nSPS) is 12.2. The zero-order valence-electron chi connectivity index (χ0n) is 9.59. The van der Waals surface area contributed by atoms with Gasteiger partial charge in [-0.3, -0.25) is 4.79 Å². The maximum Gasteiger partial charge on any atom is 0.228 e. The van der Waals surface area contributed by atoms with Gasteiger partial charge in [0.1, 0.15) is 0 Å². The van der Waals surface area contributed by atoms with Crippen LogP contribution in [0, 0.1) is 5.92 Å². The van der Waals surface area contributed by atoms with Crippen molar-refractivity contribution in [1.82, 2.24) is 5.32 Å². The van der Waals surface area contributed by atoms with Crippen molar-refractivity contribution in [3.05, 3.63) is 28.7 Å². The van der Waals surface area contributed by atoms with Crippen molar-refractivity contribution in [2.24, 2.45) is 5.92 Å². The minimum absolute atomic E-state index is 0.0350. The molecular weight excluding hydrogens is 268 g/mol. The SMILES string of the molecule is CCNCC(C)C(=O)Nc1ccccc1Br. The van der Waals surface area contributed by atoms with Crippen LogP contribution in [-0.4, -0.2) is 19.0 Å². The molecular formula is C12H17BrN2O. The fraction of sp³-hybridized carbons (Fsp3) is 0.417. The Labute approximate surface area is 105 Å². The van der Waals surface area contributed by atoms with Gasteiger partial charge in [0.15, 0.2) is 0 Å². The minimum Gasteiger partial charge on any atom is -0.325 e. The van der Waals surface area contributed by atoms with Gasteiger partial charge in [-0.25, -0.2) is 0 Å². The van der Waals surface area contributed by atoms with E-state index in [1.165, 1.54) is 0 Å². The van der Waals surface area contributed by atoms with Gasteiger partial charge in [0.25, 0.3) is 0 Å². The van der Waals surface area contributed by atoms with E-state index in [0.717, 1.165) is 16.7 Å². The number of hydrogen-bond acceptors (Lipinski definition) is 2. The fourth-order valence-electron chi connectivity index (χ4n) is 1.27. The van der Waals surface area contributed by atoms with Gasteiger partial charge in [0.05, 0.1) is 5.69 Å². The number of amides is 1. The topological polar surface area (TPSA) is 41.1 Å². The molecule has 3 nitrogen and oxygen atoms in total. The highest BCUT2D eigenvalue weighted by Crippen LogP contribution is 2.21. The summed E-state index contributed by atoms with van der Waals surface area (Å²) in [4.78, 5) is 11.8. The molecule has 0 fully saturated rings. The van der Waals surface area contributed by atoms with E-state index in [4.69, 9.17) is 0 Å². The molecule has 4 heteroatoms. The van der Waals surface area contributed by atoms with Gasteiger partial charge >= 0.3 is 0 Å². The summed E-state index contributed by atoms with van der Waals surface area (Å²) in [5, 5.41) is 6.05. The summed E-state index contributed by atoms with van der Waals surface area (Å²) in [7, 11) is 0. The number of carbonyl (C=O) groups is 1. The number of para-hydroxylation sites is 1. The first kappa shape index (κ1) is 13.2. The summed E-state index contributed by atoms with van der Waals surface area (Å²) in [5.74, 6) is -0.0000869. The highest BCUT2D eigenvalue weighted by molar-refractivity contribution is 9.10. The van der Waals surface area contributed by atoms with Crippen molar-refractivity contribution in [3.8, 4) is 0 Å². The van der Waals surface area contributed by atoms with Gasteiger partial charge in [-0.2, -0.15) is 0 Å². The number of hydrogen-bond donors (Lipinski definition) is 2. The molecule has 16 heavy (non-hydrogen) atoms. The molecule has 1 amide bonds. The van der Waals surface area contributed by atoms with Gasteiger partial charge in [0, 0.05) is 16.9 Å². The maximum atomic E-state index is 11.8. The summed E-state index contributed by atoms with van der Waals surface area (Å²) in [6, 6.07) is 7.60. The minimum atomic E-state index is -0.0351. The smallest absolute Gasteiger partial charge is 0.228 e. The van der Waals surface area contributed by atoms with Crippen LogP contribution in [0.2, 0.25) is 0 Å². The number of nitrogens with one attached hydrogen (secondary N) is 2. The highest BCUT2D eigenvalue weighted by atomic mass is 79.9. The molecule has 0 aliphatic rings. The second kappa shape index (κ2) is 6.66. The second-order valence-corrected chi connectivity index (χ2v) is 4.53. The number of halogens is 1. The van der Waals surface area contributed by atoms with Crippen LogP contribution in [0.5, 0.6) is 0 Å². The number of anilines is 1. The molecule has 0 aromatic heterocycles. The van der Waals surface area contributed by atoms with Crippen LogP contribution in [0.3, 0.4) is 0 Å². The molecule has 1 aromatic rings. The van der Waals surface area contributed by atoms with Crippen molar-refractivity contribution < 1.29 is 4.79 Å². The molecule has 0 radical (unpaired) electrons. The Balaban J connectivity index is 2.54. The second-order valence-electron chi connectivity index (χ2n) is 3.68. The van der Waals surface area contributed by atoms with Crippen LogP contribution in [0.15, 0.2) is 28.7 Å². The fourth-order valence-corrected chi connectivity index (χ4v) is 1.66. The number of benzene rings is 1. The lowest BCUT2D eigenvalue weighted by molar-refractivity contribution is -0.119. The van der Waals surface area contributed by atoms with Crippen LogP contribution in [0.25, 0.3) is 0 Å². The highest BCUT2D eigenvalue weighted by Gasteiger charge is 2.12. The van der Waals surface area contributed by atoms with Gasteiger partial charge in [-0.15, -0.1) is 0 Å². The molecule has 0 saturated heterocycles. The van der Waals surface area contributed by atoms with E-state index in [2.05, 4.69) is 26.6 Å². The molecule has 1 atom stereocenters. The third kappa shape index (κ3) is 3.94. The molecule has 0 heterocycles. The molecule has 0 spiro atoms. The van der Waals surface area contributed by atoms with Crippen molar-refractivity contribution in [1.29, 1.82) is 0 Å². The average Bonchev–Trinajstić information content (AvgIpc) is 2.28. The molecule has 1 aromatic carbocycles. The molecule has 0 aliphatic carbocycles. The Morgan fingerprint density at radius 2 is 2.12 bits per heavy atom. The van der Waals surface area contributed by atoms with Gasteiger partial charge < -0.3 is 10.6 Å². The summed E-state index contributed by atoms with van der Waals surface area (Å²) < 4.78 is 0.902. The monoisotopic (exact) mass is 284 g/mol.